The molecule has 74 valence electrons. The average Bonchev–Trinajstić information content (AvgIpc) is 2.49. The first kappa shape index (κ1) is 10.1. The monoisotopic (exact) mass is 183 g/mol. The molecule has 0 fully saturated rings. The van der Waals surface area contributed by atoms with Crippen molar-refractivity contribution in [1.82, 2.24) is 25.5 Å². The lowest BCUT2D eigenvalue weighted by molar-refractivity contribution is 0.416. The normalized spacial score (nSPS) is 15.7. The summed E-state index contributed by atoms with van der Waals surface area (Å²) < 4.78 is 0. The zero-order valence-corrected chi connectivity index (χ0v) is 8.65. The van der Waals surface area contributed by atoms with Gasteiger partial charge in [-0.15, -0.1) is 10.2 Å². The van der Waals surface area contributed by atoms with Crippen molar-refractivity contribution in [2.75, 3.05) is 7.05 Å². The van der Waals surface area contributed by atoms with Crippen LogP contribution in [0.1, 0.15) is 19.7 Å². The molecule has 1 aromatic rings. The zero-order chi connectivity index (χ0) is 9.84. The Balaban J connectivity index is 2.49. The van der Waals surface area contributed by atoms with Gasteiger partial charge in [-0.1, -0.05) is 6.92 Å². The third kappa shape index (κ3) is 2.77. The highest BCUT2D eigenvalue weighted by Crippen LogP contribution is 2.07. The van der Waals surface area contributed by atoms with Crippen LogP contribution in [-0.2, 0) is 13.5 Å². The van der Waals surface area contributed by atoms with Crippen LogP contribution in [0, 0.1) is 5.92 Å². The van der Waals surface area contributed by atoms with E-state index in [-0.39, 0.29) is 0 Å². The van der Waals surface area contributed by atoms with Gasteiger partial charge in [-0.05, 0) is 25.1 Å². The van der Waals surface area contributed by atoms with Gasteiger partial charge in [-0.25, -0.2) is 0 Å². The van der Waals surface area contributed by atoms with E-state index in [0.29, 0.717) is 12.0 Å². The maximum atomic E-state index is 4.13. The third-order valence-corrected chi connectivity index (χ3v) is 2.36. The van der Waals surface area contributed by atoms with E-state index >= 15 is 0 Å². The van der Waals surface area contributed by atoms with Gasteiger partial charge in [0.25, 0.3) is 0 Å². The van der Waals surface area contributed by atoms with Crippen LogP contribution < -0.4 is 5.32 Å². The van der Waals surface area contributed by atoms with Gasteiger partial charge in [-0.2, -0.15) is 4.80 Å². The maximum Gasteiger partial charge on any atom is 0.175 e. The number of hydrogen-bond donors (Lipinski definition) is 1. The van der Waals surface area contributed by atoms with Crippen molar-refractivity contribution in [2.45, 2.75) is 26.3 Å². The van der Waals surface area contributed by atoms with E-state index in [1.165, 1.54) is 4.80 Å². The summed E-state index contributed by atoms with van der Waals surface area (Å²) in [6, 6.07) is 0.476. The fraction of sp³-hybridized carbons (Fsp3) is 0.875. The molecule has 0 aromatic carbocycles. The molecule has 5 nitrogen and oxygen atoms in total. The molecule has 0 spiro atoms. The van der Waals surface area contributed by atoms with Gasteiger partial charge in [0.15, 0.2) is 5.82 Å². The minimum atomic E-state index is 0.476. The lowest BCUT2D eigenvalue weighted by Gasteiger charge is -2.16. The van der Waals surface area contributed by atoms with E-state index < -0.39 is 0 Å². The van der Waals surface area contributed by atoms with E-state index in [1.807, 2.05) is 7.05 Å². The van der Waals surface area contributed by atoms with Crippen molar-refractivity contribution < 1.29 is 0 Å². The summed E-state index contributed by atoms with van der Waals surface area (Å²) in [5.41, 5.74) is 0. The van der Waals surface area contributed by atoms with Gasteiger partial charge in [-0.3, -0.25) is 0 Å². The molecule has 1 rings (SSSR count). The SMILES string of the molecule is CNC(C)C(C)Cc1nnn(C)n1. The molecule has 0 saturated heterocycles. The smallest absolute Gasteiger partial charge is 0.175 e. The number of rotatable bonds is 4. The minimum Gasteiger partial charge on any atom is -0.317 e. The van der Waals surface area contributed by atoms with E-state index in [9.17, 15) is 0 Å². The first-order valence-electron chi connectivity index (χ1n) is 4.53. The quantitative estimate of drug-likeness (QED) is 0.713. The molecule has 1 heterocycles. The summed E-state index contributed by atoms with van der Waals surface area (Å²) in [5, 5.41) is 15.1. The fourth-order valence-electron chi connectivity index (χ4n) is 1.15. The molecule has 2 unspecified atom stereocenters. The molecule has 0 amide bonds. The zero-order valence-electron chi connectivity index (χ0n) is 8.65. The van der Waals surface area contributed by atoms with E-state index in [1.54, 1.807) is 7.05 Å². The van der Waals surface area contributed by atoms with Crippen LogP contribution in [0.25, 0.3) is 0 Å². The molecule has 0 saturated carbocycles. The summed E-state index contributed by atoms with van der Waals surface area (Å²) in [6.45, 7) is 4.33. The van der Waals surface area contributed by atoms with Crippen LogP contribution in [0.3, 0.4) is 0 Å². The Morgan fingerprint density at radius 3 is 2.62 bits per heavy atom. The summed E-state index contributed by atoms with van der Waals surface area (Å²) >= 11 is 0. The Labute approximate surface area is 78.5 Å². The van der Waals surface area contributed by atoms with Crippen molar-refractivity contribution in [3.05, 3.63) is 5.82 Å². The molecule has 0 aliphatic rings. The number of nitrogens with one attached hydrogen (secondary N) is 1. The van der Waals surface area contributed by atoms with Crippen molar-refractivity contribution in [3.8, 4) is 0 Å². The standard InChI is InChI=1S/C8H17N5/c1-6(7(2)9-3)5-8-10-12-13(4)11-8/h6-7,9H,5H2,1-4H3. The number of nitrogens with zero attached hydrogens (tertiary/aromatic N) is 4. The molecule has 0 aliphatic carbocycles. The molecular formula is C8H17N5. The van der Waals surface area contributed by atoms with Crippen LogP contribution in [0.5, 0.6) is 0 Å². The molecule has 0 bridgehead atoms. The number of aryl methyl sites for hydroxylation is 1. The lowest BCUT2D eigenvalue weighted by atomic mass is 10.00. The predicted octanol–water partition coefficient (Wildman–Crippen LogP) is -0.00340. The topological polar surface area (TPSA) is 55.6 Å². The van der Waals surface area contributed by atoms with Gasteiger partial charge in [0, 0.05) is 12.5 Å². The number of tetrazole rings is 1. The van der Waals surface area contributed by atoms with Crippen LogP contribution in [0.15, 0.2) is 0 Å². The van der Waals surface area contributed by atoms with Crippen LogP contribution in [-0.4, -0.2) is 33.3 Å². The Bertz CT molecular complexity index is 257. The van der Waals surface area contributed by atoms with Gasteiger partial charge in [0.05, 0.1) is 7.05 Å². The van der Waals surface area contributed by atoms with Crippen molar-refractivity contribution >= 4 is 0 Å². The van der Waals surface area contributed by atoms with Gasteiger partial charge >= 0.3 is 0 Å². The number of aromatic nitrogens is 4. The first-order valence-corrected chi connectivity index (χ1v) is 4.53. The minimum absolute atomic E-state index is 0.476. The molecule has 0 aliphatic heterocycles. The highest BCUT2D eigenvalue weighted by molar-refractivity contribution is 4.82. The fourth-order valence-corrected chi connectivity index (χ4v) is 1.15. The largest absolute Gasteiger partial charge is 0.317 e. The Hall–Kier alpha value is -0.970. The van der Waals surface area contributed by atoms with E-state index in [0.717, 1.165) is 12.2 Å². The Morgan fingerprint density at radius 2 is 2.15 bits per heavy atom. The second kappa shape index (κ2) is 4.32. The van der Waals surface area contributed by atoms with Gasteiger partial charge in [0.2, 0.25) is 0 Å². The van der Waals surface area contributed by atoms with Crippen LogP contribution >= 0.6 is 0 Å². The lowest BCUT2D eigenvalue weighted by Crippen LogP contribution is -2.30. The van der Waals surface area contributed by atoms with Crippen molar-refractivity contribution in [3.63, 3.8) is 0 Å². The highest BCUT2D eigenvalue weighted by atomic mass is 15.6. The second-order valence-electron chi connectivity index (χ2n) is 3.45. The molecule has 1 N–H and O–H groups in total. The average molecular weight is 183 g/mol. The van der Waals surface area contributed by atoms with E-state index in [4.69, 9.17) is 0 Å². The molecule has 1 aromatic heterocycles. The molecule has 5 heteroatoms. The first-order chi connectivity index (χ1) is 6.13. The van der Waals surface area contributed by atoms with E-state index in [2.05, 4.69) is 34.6 Å². The third-order valence-electron chi connectivity index (χ3n) is 2.36. The summed E-state index contributed by atoms with van der Waals surface area (Å²) in [4.78, 5) is 1.49. The summed E-state index contributed by atoms with van der Waals surface area (Å²) in [5.74, 6) is 1.34. The maximum absolute atomic E-state index is 4.13. The summed E-state index contributed by atoms with van der Waals surface area (Å²) in [6.07, 6.45) is 0.871. The Morgan fingerprint density at radius 1 is 1.46 bits per heavy atom. The molecular weight excluding hydrogens is 166 g/mol. The van der Waals surface area contributed by atoms with Crippen LogP contribution in [0.4, 0.5) is 0 Å². The number of hydrogen-bond acceptors (Lipinski definition) is 4. The molecule has 0 radical (unpaired) electrons. The van der Waals surface area contributed by atoms with Crippen LogP contribution in [0.2, 0.25) is 0 Å². The molecule has 13 heavy (non-hydrogen) atoms. The summed E-state index contributed by atoms with van der Waals surface area (Å²) in [7, 11) is 3.74. The van der Waals surface area contributed by atoms with Crippen molar-refractivity contribution in [2.24, 2.45) is 13.0 Å². The van der Waals surface area contributed by atoms with Crippen molar-refractivity contribution in [1.29, 1.82) is 0 Å². The second-order valence-corrected chi connectivity index (χ2v) is 3.45. The van der Waals surface area contributed by atoms with Gasteiger partial charge in [0.1, 0.15) is 0 Å². The predicted molar refractivity (Wildman–Crippen MR) is 50.2 cm³/mol. The molecule has 2 atom stereocenters. The van der Waals surface area contributed by atoms with Gasteiger partial charge < -0.3 is 5.32 Å². The Kier molecular flexibility index (Phi) is 3.36. The highest BCUT2D eigenvalue weighted by Gasteiger charge is 2.13.